The predicted octanol–water partition coefficient (Wildman–Crippen LogP) is 5.37. The maximum absolute atomic E-state index is 12.2. The fraction of sp³-hybridized carbons (Fsp3) is 0.750. The zero-order valence-electron chi connectivity index (χ0n) is 15.1. The third-order valence-corrected chi connectivity index (χ3v) is 5.01. The van der Waals surface area contributed by atoms with Crippen LogP contribution in [-0.2, 0) is 9.53 Å². The number of carbonyl (C=O) groups is 1. The molecule has 1 aliphatic rings. The highest BCUT2D eigenvalue weighted by Gasteiger charge is 2.45. The summed E-state index contributed by atoms with van der Waals surface area (Å²) in [6.45, 7) is 4.97. The zero-order valence-corrected chi connectivity index (χ0v) is 15.1. The summed E-state index contributed by atoms with van der Waals surface area (Å²) in [4.78, 5) is 12.2. The molecule has 0 fully saturated rings. The van der Waals surface area contributed by atoms with Gasteiger partial charge in [-0.15, -0.1) is 0 Å². The van der Waals surface area contributed by atoms with Crippen LogP contribution in [0.1, 0.15) is 71.6 Å². The third kappa shape index (κ3) is 5.49. The standard InChI is InChI=1S/C20H34O3/c1-4-6-7-8-9-14-20(19(21)22)15-10-12-17(11-5-2)18(20)13-16-23-3/h10,12,15,18H,4-9,11,13-14,16H2,1-3H3,(H,21,22). The van der Waals surface area contributed by atoms with E-state index >= 15 is 0 Å². The van der Waals surface area contributed by atoms with Gasteiger partial charge in [0.15, 0.2) is 0 Å². The summed E-state index contributed by atoms with van der Waals surface area (Å²) in [5.74, 6) is -0.608. The highest BCUT2D eigenvalue weighted by Crippen LogP contribution is 2.45. The van der Waals surface area contributed by atoms with Gasteiger partial charge in [0.1, 0.15) is 0 Å². The number of unbranched alkanes of at least 4 members (excludes halogenated alkanes) is 4. The van der Waals surface area contributed by atoms with Crippen LogP contribution >= 0.6 is 0 Å². The molecule has 132 valence electrons. The van der Waals surface area contributed by atoms with Gasteiger partial charge in [0.25, 0.3) is 0 Å². The number of rotatable bonds is 12. The number of allylic oxidation sites excluding steroid dienone is 3. The molecule has 2 atom stereocenters. The first-order chi connectivity index (χ1) is 11.1. The van der Waals surface area contributed by atoms with E-state index in [0.717, 1.165) is 38.5 Å². The summed E-state index contributed by atoms with van der Waals surface area (Å²) in [7, 11) is 1.69. The highest BCUT2D eigenvalue weighted by molar-refractivity contribution is 5.79. The van der Waals surface area contributed by atoms with Crippen molar-refractivity contribution in [1.29, 1.82) is 0 Å². The summed E-state index contributed by atoms with van der Waals surface area (Å²) in [5, 5.41) is 10.0. The normalized spacial score (nSPS) is 23.8. The topological polar surface area (TPSA) is 46.5 Å². The lowest BCUT2D eigenvalue weighted by molar-refractivity contribution is -0.149. The fourth-order valence-corrected chi connectivity index (χ4v) is 3.74. The maximum atomic E-state index is 12.2. The van der Waals surface area contributed by atoms with Gasteiger partial charge in [-0.1, -0.05) is 76.2 Å². The zero-order chi connectivity index (χ0) is 17.1. The largest absolute Gasteiger partial charge is 0.481 e. The van der Waals surface area contributed by atoms with E-state index in [1.165, 1.54) is 24.8 Å². The van der Waals surface area contributed by atoms with E-state index in [2.05, 4.69) is 19.9 Å². The quantitative estimate of drug-likeness (QED) is 0.491. The Bertz CT molecular complexity index is 411. The lowest BCUT2D eigenvalue weighted by atomic mass is 9.64. The first kappa shape index (κ1) is 20.0. The molecule has 2 unspecified atom stereocenters. The molecule has 0 heterocycles. The summed E-state index contributed by atoms with van der Waals surface area (Å²) in [6, 6.07) is 0. The van der Waals surface area contributed by atoms with E-state index in [1.807, 2.05) is 12.2 Å². The van der Waals surface area contributed by atoms with Gasteiger partial charge >= 0.3 is 5.97 Å². The predicted molar refractivity (Wildman–Crippen MR) is 95.6 cm³/mol. The van der Waals surface area contributed by atoms with Crippen LogP contribution in [-0.4, -0.2) is 24.8 Å². The minimum atomic E-state index is -0.746. The maximum Gasteiger partial charge on any atom is 0.314 e. The Labute approximate surface area is 141 Å². The minimum Gasteiger partial charge on any atom is -0.481 e. The van der Waals surface area contributed by atoms with Crippen molar-refractivity contribution in [3.05, 3.63) is 23.8 Å². The van der Waals surface area contributed by atoms with E-state index < -0.39 is 11.4 Å². The Kier molecular flexibility index (Phi) is 9.23. The van der Waals surface area contributed by atoms with Gasteiger partial charge in [0, 0.05) is 19.6 Å². The van der Waals surface area contributed by atoms with E-state index in [9.17, 15) is 9.90 Å². The van der Waals surface area contributed by atoms with Gasteiger partial charge in [-0.2, -0.15) is 0 Å². The second-order valence-corrected chi connectivity index (χ2v) is 6.69. The Balaban J connectivity index is 2.88. The molecule has 0 aromatic heterocycles. The number of ether oxygens (including phenoxy) is 1. The SMILES string of the molecule is CCCCCCCC1(C(=O)O)C=CC=C(CCC)C1CCOC. The van der Waals surface area contributed by atoms with Crippen molar-refractivity contribution in [3.8, 4) is 0 Å². The first-order valence-electron chi connectivity index (χ1n) is 9.23. The van der Waals surface area contributed by atoms with Gasteiger partial charge in [0.05, 0.1) is 5.41 Å². The van der Waals surface area contributed by atoms with E-state index in [-0.39, 0.29) is 5.92 Å². The molecule has 0 aromatic rings. The molecule has 23 heavy (non-hydrogen) atoms. The van der Waals surface area contributed by atoms with Crippen LogP contribution in [0.25, 0.3) is 0 Å². The Hall–Kier alpha value is -1.09. The Morgan fingerprint density at radius 3 is 2.57 bits per heavy atom. The summed E-state index contributed by atoms with van der Waals surface area (Å²) >= 11 is 0. The van der Waals surface area contributed by atoms with Gasteiger partial charge in [-0.25, -0.2) is 0 Å². The smallest absolute Gasteiger partial charge is 0.314 e. The first-order valence-corrected chi connectivity index (χ1v) is 9.23. The molecule has 1 aliphatic carbocycles. The van der Waals surface area contributed by atoms with E-state index in [1.54, 1.807) is 7.11 Å². The third-order valence-electron chi connectivity index (χ3n) is 5.01. The van der Waals surface area contributed by atoms with Crippen molar-refractivity contribution in [1.82, 2.24) is 0 Å². The molecule has 3 heteroatoms. The second-order valence-electron chi connectivity index (χ2n) is 6.69. The number of hydrogen-bond acceptors (Lipinski definition) is 2. The molecular formula is C20H34O3. The number of carboxylic acid groups (broad SMARTS) is 1. The Morgan fingerprint density at radius 2 is 1.96 bits per heavy atom. The Morgan fingerprint density at radius 1 is 1.22 bits per heavy atom. The molecule has 1 N–H and O–H groups in total. The van der Waals surface area contributed by atoms with Gasteiger partial charge in [-0.3, -0.25) is 4.79 Å². The number of methoxy groups -OCH3 is 1. The monoisotopic (exact) mass is 322 g/mol. The molecule has 3 nitrogen and oxygen atoms in total. The van der Waals surface area contributed by atoms with Gasteiger partial charge in [-0.05, 0) is 19.3 Å². The lowest BCUT2D eigenvalue weighted by Crippen LogP contribution is -2.40. The van der Waals surface area contributed by atoms with Crippen LogP contribution in [0.5, 0.6) is 0 Å². The highest BCUT2D eigenvalue weighted by atomic mass is 16.5. The molecular weight excluding hydrogens is 288 g/mol. The van der Waals surface area contributed by atoms with E-state index in [0.29, 0.717) is 6.61 Å². The van der Waals surface area contributed by atoms with Crippen LogP contribution in [0.15, 0.2) is 23.8 Å². The van der Waals surface area contributed by atoms with Gasteiger partial charge in [0.2, 0.25) is 0 Å². The molecule has 0 amide bonds. The molecule has 0 aliphatic heterocycles. The summed E-state index contributed by atoms with van der Waals surface area (Å²) < 4.78 is 5.26. The number of aliphatic carboxylic acids is 1. The number of hydrogen-bond donors (Lipinski definition) is 1. The van der Waals surface area contributed by atoms with Crippen molar-refractivity contribution in [2.75, 3.05) is 13.7 Å². The molecule has 0 spiro atoms. The van der Waals surface area contributed by atoms with Crippen LogP contribution < -0.4 is 0 Å². The van der Waals surface area contributed by atoms with Crippen molar-refractivity contribution in [2.45, 2.75) is 71.6 Å². The van der Waals surface area contributed by atoms with Crippen LogP contribution in [0.2, 0.25) is 0 Å². The minimum absolute atomic E-state index is 0.0658. The van der Waals surface area contributed by atoms with Crippen molar-refractivity contribution in [3.63, 3.8) is 0 Å². The van der Waals surface area contributed by atoms with Crippen molar-refractivity contribution >= 4 is 5.97 Å². The average molecular weight is 322 g/mol. The fourth-order valence-electron chi connectivity index (χ4n) is 3.74. The molecule has 0 bridgehead atoms. The summed E-state index contributed by atoms with van der Waals surface area (Å²) in [5.41, 5.74) is 0.535. The van der Waals surface area contributed by atoms with Crippen LogP contribution in [0.4, 0.5) is 0 Å². The van der Waals surface area contributed by atoms with E-state index in [4.69, 9.17) is 4.74 Å². The lowest BCUT2D eigenvalue weighted by Gasteiger charge is -2.39. The molecule has 0 saturated carbocycles. The summed E-state index contributed by atoms with van der Waals surface area (Å²) in [6.07, 6.45) is 15.3. The molecule has 0 saturated heterocycles. The molecule has 1 rings (SSSR count). The van der Waals surface area contributed by atoms with Gasteiger partial charge < -0.3 is 9.84 Å². The van der Waals surface area contributed by atoms with Crippen molar-refractivity contribution in [2.24, 2.45) is 11.3 Å². The average Bonchev–Trinajstić information content (AvgIpc) is 2.54. The number of carboxylic acids is 1. The van der Waals surface area contributed by atoms with Crippen molar-refractivity contribution < 1.29 is 14.6 Å². The second kappa shape index (κ2) is 10.6. The molecule has 0 radical (unpaired) electrons. The molecule has 0 aromatic carbocycles. The van der Waals surface area contributed by atoms with Crippen LogP contribution in [0, 0.1) is 11.3 Å². The van der Waals surface area contributed by atoms with Crippen LogP contribution in [0.3, 0.4) is 0 Å².